The number of allylic oxidation sites excluding steroid dienone is 1. The van der Waals surface area contributed by atoms with Gasteiger partial charge in [0, 0.05) is 49.9 Å². The van der Waals surface area contributed by atoms with E-state index >= 15 is 0 Å². The fourth-order valence-electron chi connectivity index (χ4n) is 9.19. The van der Waals surface area contributed by atoms with Crippen molar-refractivity contribution in [1.82, 2.24) is 9.13 Å². The third-order valence-corrected chi connectivity index (χ3v) is 11.5. The van der Waals surface area contributed by atoms with Gasteiger partial charge in [-0.25, -0.2) is 0 Å². The third kappa shape index (κ3) is 4.19. The van der Waals surface area contributed by atoms with Crippen molar-refractivity contribution >= 4 is 72.4 Å². The Balaban J connectivity index is 1.08. The maximum Gasteiger partial charge on any atom is 0.0992 e. The quantitative estimate of drug-likeness (QED) is 0.173. The molecule has 2 aromatic heterocycles. The lowest BCUT2D eigenvalue weighted by molar-refractivity contribution is 0.888. The lowest BCUT2D eigenvalue weighted by Gasteiger charge is -2.16. The molecule has 0 saturated heterocycles. The Morgan fingerprint density at radius 1 is 0.577 bits per heavy atom. The first-order valence-electron chi connectivity index (χ1n) is 18.2. The van der Waals surface area contributed by atoms with Gasteiger partial charge in [-0.15, -0.1) is 0 Å². The van der Waals surface area contributed by atoms with Gasteiger partial charge >= 0.3 is 0 Å². The molecule has 0 spiro atoms. The average molecular weight is 664 g/mol. The second-order valence-corrected chi connectivity index (χ2v) is 14.3. The van der Waals surface area contributed by atoms with E-state index in [0.29, 0.717) is 5.56 Å². The van der Waals surface area contributed by atoms with E-state index < -0.39 is 0 Å². The summed E-state index contributed by atoms with van der Waals surface area (Å²) in [5.41, 5.74) is 9.32. The molecule has 3 heteroatoms. The van der Waals surface area contributed by atoms with Crippen molar-refractivity contribution in [2.75, 3.05) is 0 Å². The van der Waals surface area contributed by atoms with Crippen LogP contribution in [0, 0.1) is 11.3 Å². The number of nitriles is 1. The summed E-state index contributed by atoms with van der Waals surface area (Å²) in [6.45, 7) is 0. The maximum atomic E-state index is 9.63. The molecule has 11 rings (SSSR count). The fraction of sp³-hybridized carbons (Fsp3) is 0.0816. The Hall–Kier alpha value is -6.63. The van der Waals surface area contributed by atoms with Gasteiger partial charge in [0.1, 0.15) is 0 Å². The van der Waals surface area contributed by atoms with Crippen molar-refractivity contribution < 1.29 is 0 Å². The van der Waals surface area contributed by atoms with Crippen LogP contribution in [0.1, 0.15) is 41.1 Å². The number of rotatable bonds is 3. The number of hydrogen-bond acceptors (Lipinski definition) is 1. The molecular formula is C49H33N3. The van der Waals surface area contributed by atoms with Crippen molar-refractivity contribution in [3.63, 3.8) is 0 Å². The Kier molecular flexibility index (Phi) is 6.27. The summed E-state index contributed by atoms with van der Waals surface area (Å²) < 4.78 is 4.84. The molecule has 244 valence electrons. The maximum absolute atomic E-state index is 9.63. The lowest BCUT2D eigenvalue weighted by Crippen LogP contribution is -2.31. The molecule has 1 unspecified atom stereocenters. The van der Waals surface area contributed by atoms with Crippen LogP contribution in [0.15, 0.2) is 140 Å². The highest BCUT2D eigenvalue weighted by Crippen LogP contribution is 2.38. The van der Waals surface area contributed by atoms with Gasteiger partial charge < -0.3 is 9.13 Å². The molecule has 2 heterocycles. The van der Waals surface area contributed by atoms with E-state index in [2.05, 4.69) is 155 Å². The van der Waals surface area contributed by atoms with Crippen molar-refractivity contribution in [1.29, 1.82) is 5.26 Å². The monoisotopic (exact) mass is 663 g/mol. The number of aromatic nitrogens is 2. The van der Waals surface area contributed by atoms with Crippen LogP contribution in [-0.4, -0.2) is 9.13 Å². The first-order chi connectivity index (χ1) is 25.7. The fourth-order valence-corrected chi connectivity index (χ4v) is 9.19. The minimum absolute atomic E-state index is 0.261. The van der Waals surface area contributed by atoms with Crippen molar-refractivity contribution in [3.8, 4) is 17.4 Å². The molecule has 9 aromatic rings. The average Bonchev–Trinajstić information content (AvgIpc) is 3.73. The van der Waals surface area contributed by atoms with E-state index in [0.717, 1.165) is 24.9 Å². The molecule has 2 aliphatic carbocycles. The molecule has 2 aliphatic rings. The summed E-state index contributed by atoms with van der Waals surface area (Å²) in [6.07, 6.45) is 12.5. The van der Waals surface area contributed by atoms with E-state index in [1.165, 1.54) is 87.2 Å². The van der Waals surface area contributed by atoms with Gasteiger partial charge in [0.15, 0.2) is 0 Å². The Labute approximate surface area is 300 Å². The highest BCUT2D eigenvalue weighted by molar-refractivity contribution is 6.25. The van der Waals surface area contributed by atoms with Gasteiger partial charge in [-0.1, -0.05) is 109 Å². The first kappa shape index (κ1) is 29.1. The predicted molar refractivity (Wildman–Crippen MR) is 217 cm³/mol. The van der Waals surface area contributed by atoms with Gasteiger partial charge in [-0.05, 0) is 106 Å². The molecule has 0 bridgehead atoms. The predicted octanol–water partition coefficient (Wildman–Crippen LogP) is 10.6. The molecular weight excluding hydrogens is 631 g/mol. The van der Waals surface area contributed by atoms with Crippen LogP contribution in [0.3, 0.4) is 0 Å². The third-order valence-electron chi connectivity index (χ3n) is 11.5. The van der Waals surface area contributed by atoms with E-state index in [-0.39, 0.29) is 5.92 Å². The van der Waals surface area contributed by atoms with Crippen LogP contribution in [0.5, 0.6) is 0 Å². The normalized spacial score (nSPS) is 15.1. The largest absolute Gasteiger partial charge is 0.313 e. The molecule has 0 fully saturated rings. The number of fused-ring (bicyclic) bond motifs is 12. The molecule has 0 radical (unpaired) electrons. The molecule has 3 nitrogen and oxygen atoms in total. The zero-order valence-corrected chi connectivity index (χ0v) is 28.6. The number of para-hydroxylation sites is 1. The highest BCUT2D eigenvalue weighted by atomic mass is 15.0. The van der Waals surface area contributed by atoms with E-state index in [1.54, 1.807) is 0 Å². The second-order valence-electron chi connectivity index (χ2n) is 14.3. The van der Waals surface area contributed by atoms with Gasteiger partial charge in [0.05, 0.1) is 22.7 Å². The first-order valence-corrected chi connectivity index (χ1v) is 18.2. The summed E-state index contributed by atoms with van der Waals surface area (Å²) >= 11 is 0. The molecule has 0 amide bonds. The summed E-state index contributed by atoms with van der Waals surface area (Å²) in [5, 5.41) is 22.5. The van der Waals surface area contributed by atoms with E-state index in [9.17, 15) is 5.26 Å². The standard InChI is InChI=1S/C49H33N3/c50-30-31-10-9-11-34(26-31)51-46-18-7-5-16-41(46)44-27-32(20-24-48(44)51)33-21-25-49-45(28-33)42-17-6-8-19-47(42)52(49)35-22-23-40-38-14-2-1-12-36(38)37-13-3-4-15-39(37)43(40)29-35/h1-6,8-17,19-20,22-29,33H,7,18,21H2. The van der Waals surface area contributed by atoms with Gasteiger partial charge in [0.25, 0.3) is 0 Å². The van der Waals surface area contributed by atoms with Crippen LogP contribution in [0.2, 0.25) is 0 Å². The van der Waals surface area contributed by atoms with Crippen LogP contribution in [0.4, 0.5) is 0 Å². The summed E-state index contributed by atoms with van der Waals surface area (Å²) in [4.78, 5) is 0. The lowest BCUT2D eigenvalue weighted by atomic mass is 9.90. The van der Waals surface area contributed by atoms with Crippen LogP contribution < -0.4 is 10.6 Å². The van der Waals surface area contributed by atoms with Gasteiger partial charge in [0.2, 0.25) is 0 Å². The molecule has 0 saturated carbocycles. The van der Waals surface area contributed by atoms with Crippen molar-refractivity contribution in [3.05, 3.63) is 172 Å². The summed E-state index contributed by atoms with van der Waals surface area (Å²) in [7, 11) is 0. The SMILES string of the molecule is N#Cc1cccc(-n2c3c(c4cc(C5C=c6c(n(-c7ccc8c9ccccc9c9ccccc9c8c7)c7ccccc67)=CC5)ccc42)C=CCC3)c1. The van der Waals surface area contributed by atoms with Crippen molar-refractivity contribution in [2.45, 2.75) is 25.2 Å². The van der Waals surface area contributed by atoms with E-state index in [1.807, 2.05) is 18.2 Å². The Morgan fingerprint density at radius 3 is 2.06 bits per heavy atom. The summed E-state index contributed by atoms with van der Waals surface area (Å²) in [6, 6.07) is 50.9. The molecule has 52 heavy (non-hydrogen) atoms. The molecule has 0 aliphatic heterocycles. The van der Waals surface area contributed by atoms with Gasteiger partial charge in [-0.3, -0.25) is 0 Å². The highest BCUT2D eigenvalue weighted by Gasteiger charge is 2.22. The van der Waals surface area contributed by atoms with Crippen LogP contribution in [-0.2, 0) is 6.42 Å². The Morgan fingerprint density at radius 2 is 1.27 bits per heavy atom. The molecule has 0 N–H and O–H groups in total. The minimum Gasteiger partial charge on any atom is -0.313 e. The number of nitrogens with zero attached hydrogens (tertiary/aromatic N) is 3. The summed E-state index contributed by atoms with van der Waals surface area (Å²) in [5.74, 6) is 0.261. The van der Waals surface area contributed by atoms with Crippen LogP contribution in [0.25, 0.3) is 83.7 Å². The van der Waals surface area contributed by atoms with Gasteiger partial charge in [-0.2, -0.15) is 5.26 Å². The Bertz CT molecular complexity index is 3140. The smallest absolute Gasteiger partial charge is 0.0992 e. The van der Waals surface area contributed by atoms with E-state index in [4.69, 9.17) is 0 Å². The zero-order chi connectivity index (χ0) is 34.3. The topological polar surface area (TPSA) is 33.6 Å². The van der Waals surface area contributed by atoms with Crippen molar-refractivity contribution in [2.24, 2.45) is 0 Å². The molecule has 1 atom stereocenters. The number of hydrogen-bond donors (Lipinski definition) is 0. The molecule has 7 aromatic carbocycles. The second kappa shape index (κ2) is 11.2. The zero-order valence-electron chi connectivity index (χ0n) is 28.6. The van der Waals surface area contributed by atoms with Crippen LogP contribution >= 0.6 is 0 Å². The number of benzene rings is 7. The minimum atomic E-state index is 0.261.